The van der Waals surface area contributed by atoms with Crippen molar-refractivity contribution in [2.24, 2.45) is 5.73 Å². The lowest BCUT2D eigenvalue weighted by atomic mass is 10.3. The molecular formula is C10H14N6O2. The second-order valence-corrected chi connectivity index (χ2v) is 3.68. The Labute approximate surface area is 103 Å². The van der Waals surface area contributed by atoms with Gasteiger partial charge in [-0.15, -0.1) is 0 Å². The lowest BCUT2D eigenvalue weighted by molar-refractivity contribution is -0.125. The van der Waals surface area contributed by atoms with Gasteiger partial charge in [0.25, 0.3) is 0 Å². The number of nitrogens with zero attached hydrogens (tertiary/aromatic N) is 3. The maximum Gasteiger partial charge on any atom is 0.248 e. The number of carbonyl (C=O) groups excluding carboxylic acids is 1. The molecule has 0 saturated carbocycles. The van der Waals surface area contributed by atoms with Gasteiger partial charge in [-0.05, 0) is 0 Å². The molecule has 1 amide bonds. The SMILES string of the molecule is CNc1cn2ccnc2c(NCC(O)C(N)=O)n1. The van der Waals surface area contributed by atoms with E-state index in [1.165, 1.54) is 0 Å². The molecule has 8 heteroatoms. The summed E-state index contributed by atoms with van der Waals surface area (Å²) in [5.41, 5.74) is 5.57. The number of aliphatic hydroxyl groups is 1. The first-order valence-corrected chi connectivity index (χ1v) is 5.34. The topological polar surface area (TPSA) is 118 Å². The number of fused-ring (bicyclic) bond motifs is 1. The van der Waals surface area contributed by atoms with Gasteiger partial charge in [0.2, 0.25) is 5.91 Å². The summed E-state index contributed by atoms with van der Waals surface area (Å²) in [5.74, 6) is 0.315. The molecule has 0 fully saturated rings. The van der Waals surface area contributed by atoms with E-state index in [9.17, 15) is 9.90 Å². The minimum atomic E-state index is -1.26. The van der Waals surface area contributed by atoms with Gasteiger partial charge in [0, 0.05) is 19.4 Å². The number of hydrogen-bond donors (Lipinski definition) is 4. The van der Waals surface area contributed by atoms with Gasteiger partial charge in [-0.1, -0.05) is 0 Å². The Hall–Kier alpha value is -2.35. The minimum absolute atomic E-state index is 0.0159. The van der Waals surface area contributed by atoms with Crippen molar-refractivity contribution in [1.82, 2.24) is 14.4 Å². The second-order valence-electron chi connectivity index (χ2n) is 3.68. The maximum atomic E-state index is 10.7. The predicted octanol–water partition coefficient (Wildman–Crippen LogP) is -0.971. The van der Waals surface area contributed by atoms with E-state index in [0.717, 1.165) is 0 Å². The third-order valence-electron chi connectivity index (χ3n) is 2.42. The van der Waals surface area contributed by atoms with Gasteiger partial charge in [0.05, 0.1) is 12.7 Å². The van der Waals surface area contributed by atoms with Crippen LogP contribution in [0.5, 0.6) is 0 Å². The fourth-order valence-electron chi connectivity index (χ4n) is 1.46. The first-order valence-electron chi connectivity index (χ1n) is 5.34. The lowest BCUT2D eigenvalue weighted by Gasteiger charge is -2.11. The van der Waals surface area contributed by atoms with Crippen LogP contribution in [0.4, 0.5) is 11.6 Å². The normalized spacial score (nSPS) is 12.3. The van der Waals surface area contributed by atoms with Crippen molar-refractivity contribution < 1.29 is 9.90 Å². The first kappa shape index (κ1) is 12.1. The zero-order chi connectivity index (χ0) is 13.1. The molecule has 2 heterocycles. The van der Waals surface area contributed by atoms with E-state index in [1.807, 2.05) is 0 Å². The molecule has 0 saturated heterocycles. The Kier molecular flexibility index (Phi) is 3.28. The van der Waals surface area contributed by atoms with E-state index >= 15 is 0 Å². The van der Waals surface area contributed by atoms with Gasteiger partial charge in [-0.3, -0.25) is 4.79 Å². The summed E-state index contributed by atoms with van der Waals surface area (Å²) in [5, 5.41) is 15.1. The molecule has 18 heavy (non-hydrogen) atoms. The summed E-state index contributed by atoms with van der Waals surface area (Å²) in [7, 11) is 1.74. The van der Waals surface area contributed by atoms with Crippen LogP contribution < -0.4 is 16.4 Å². The van der Waals surface area contributed by atoms with Gasteiger partial charge in [0.1, 0.15) is 11.9 Å². The third-order valence-corrected chi connectivity index (χ3v) is 2.42. The van der Waals surface area contributed by atoms with Crippen LogP contribution in [0.2, 0.25) is 0 Å². The molecule has 0 bridgehead atoms. The van der Waals surface area contributed by atoms with Crippen molar-refractivity contribution in [2.75, 3.05) is 24.2 Å². The van der Waals surface area contributed by atoms with E-state index in [-0.39, 0.29) is 6.54 Å². The van der Waals surface area contributed by atoms with Gasteiger partial charge in [0.15, 0.2) is 11.5 Å². The van der Waals surface area contributed by atoms with Crippen molar-refractivity contribution in [1.29, 1.82) is 0 Å². The van der Waals surface area contributed by atoms with Crippen LogP contribution in [-0.4, -0.2) is 45.1 Å². The number of imidazole rings is 1. The van der Waals surface area contributed by atoms with Crippen molar-refractivity contribution in [3.63, 3.8) is 0 Å². The molecule has 1 unspecified atom stereocenters. The molecular weight excluding hydrogens is 236 g/mol. The molecule has 2 aromatic rings. The number of aliphatic hydroxyl groups excluding tert-OH is 1. The zero-order valence-corrected chi connectivity index (χ0v) is 9.79. The predicted molar refractivity (Wildman–Crippen MR) is 66.2 cm³/mol. The summed E-state index contributed by atoms with van der Waals surface area (Å²) in [6.45, 7) is -0.0159. The molecule has 2 aromatic heterocycles. The van der Waals surface area contributed by atoms with Gasteiger partial charge >= 0.3 is 0 Å². The van der Waals surface area contributed by atoms with Gasteiger partial charge in [-0.2, -0.15) is 0 Å². The summed E-state index contributed by atoms with van der Waals surface area (Å²) in [6, 6.07) is 0. The van der Waals surface area contributed by atoms with Crippen molar-refractivity contribution in [2.45, 2.75) is 6.10 Å². The van der Waals surface area contributed by atoms with Crippen LogP contribution in [0.15, 0.2) is 18.6 Å². The maximum absolute atomic E-state index is 10.7. The molecule has 0 spiro atoms. The second kappa shape index (κ2) is 4.88. The lowest BCUT2D eigenvalue weighted by Crippen LogP contribution is -2.34. The Bertz CT molecular complexity index is 566. The number of rotatable bonds is 5. The van der Waals surface area contributed by atoms with Gasteiger partial charge in [-0.25, -0.2) is 9.97 Å². The Morgan fingerprint density at radius 1 is 1.67 bits per heavy atom. The number of amides is 1. The van der Waals surface area contributed by atoms with Crippen molar-refractivity contribution in [3.05, 3.63) is 18.6 Å². The molecule has 1 atom stereocenters. The van der Waals surface area contributed by atoms with E-state index in [4.69, 9.17) is 5.73 Å². The minimum Gasteiger partial charge on any atom is -0.381 e. The number of primary amides is 1. The standard InChI is InChI=1S/C10H14N6O2/c1-12-7-5-16-3-2-13-10(16)9(15-7)14-4-6(17)8(11)18/h2-3,5-6,12,17H,4H2,1H3,(H2,11,18)(H,14,15). The number of carbonyl (C=O) groups is 1. The number of anilines is 2. The molecule has 5 N–H and O–H groups in total. The molecule has 2 rings (SSSR count). The Morgan fingerprint density at radius 3 is 3.11 bits per heavy atom. The Balaban J connectivity index is 2.25. The third kappa shape index (κ3) is 2.33. The van der Waals surface area contributed by atoms with Crippen LogP contribution >= 0.6 is 0 Å². The average molecular weight is 250 g/mol. The highest BCUT2D eigenvalue weighted by Crippen LogP contribution is 2.15. The van der Waals surface area contributed by atoms with Crippen LogP contribution in [-0.2, 0) is 4.79 Å². The van der Waals surface area contributed by atoms with E-state index in [0.29, 0.717) is 17.3 Å². The summed E-state index contributed by atoms with van der Waals surface area (Å²) < 4.78 is 1.78. The van der Waals surface area contributed by atoms with E-state index in [1.54, 1.807) is 30.0 Å². The fourth-order valence-corrected chi connectivity index (χ4v) is 1.46. The van der Waals surface area contributed by atoms with Crippen molar-refractivity contribution in [3.8, 4) is 0 Å². The molecule has 0 aliphatic carbocycles. The Morgan fingerprint density at radius 2 is 2.44 bits per heavy atom. The van der Waals surface area contributed by atoms with Gasteiger partial charge < -0.3 is 25.9 Å². The number of nitrogens with one attached hydrogen (secondary N) is 2. The first-order chi connectivity index (χ1) is 8.61. The molecule has 8 nitrogen and oxygen atoms in total. The number of aromatic nitrogens is 3. The average Bonchev–Trinajstić information content (AvgIpc) is 2.83. The summed E-state index contributed by atoms with van der Waals surface area (Å²) in [6.07, 6.45) is 3.91. The highest BCUT2D eigenvalue weighted by Gasteiger charge is 2.12. The molecule has 0 aliphatic rings. The summed E-state index contributed by atoms with van der Waals surface area (Å²) >= 11 is 0. The molecule has 0 aliphatic heterocycles. The number of hydrogen-bond acceptors (Lipinski definition) is 6. The van der Waals surface area contributed by atoms with E-state index < -0.39 is 12.0 Å². The zero-order valence-electron chi connectivity index (χ0n) is 9.79. The van der Waals surface area contributed by atoms with Crippen LogP contribution in [0.25, 0.3) is 5.65 Å². The largest absolute Gasteiger partial charge is 0.381 e. The molecule has 0 aromatic carbocycles. The van der Waals surface area contributed by atoms with E-state index in [2.05, 4.69) is 20.6 Å². The number of nitrogens with two attached hydrogens (primary N) is 1. The highest BCUT2D eigenvalue weighted by molar-refractivity contribution is 5.79. The molecule has 0 radical (unpaired) electrons. The van der Waals surface area contributed by atoms with Crippen LogP contribution in [0.1, 0.15) is 0 Å². The summed E-state index contributed by atoms with van der Waals surface area (Å²) in [4.78, 5) is 19.1. The molecule has 96 valence electrons. The van der Waals surface area contributed by atoms with Crippen molar-refractivity contribution >= 4 is 23.2 Å². The highest BCUT2D eigenvalue weighted by atomic mass is 16.3. The monoisotopic (exact) mass is 250 g/mol. The van der Waals surface area contributed by atoms with Crippen LogP contribution in [0, 0.1) is 0 Å². The smallest absolute Gasteiger partial charge is 0.248 e. The fraction of sp³-hybridized carbons (Fsp3) is 0.300. The van der Waals surface area contributed by atoms with Crippen LogP contribution in [0.3, 0.4) is 0 Å². The quantitative estimate of drug-likeness (QED) is 0.542.